The molecule has 0 spiro atoms. The van der Waals surface area contributed by atoms with E-state index in [0.717, 1.165) is 24.3 Å². The van der Waals surface area contributed by atoms with Crippen LogP contribution in [-0.4, -0.2) is 37.1 Å². The van der Waals surface area contributed by atoms with Gasteiger partial charge in [-0.15, -0.1) is 0 Å². The van der Waals surface area contributed by atoms with E-state index in [1.165, 1.54) is 63.1 Å². The second-order valence-electron chi connectivity index (χ2n) is 7.25. The number of aryl methyl sites for hydroxylation is 1. The van der Waals surface area contributed by atoms with E-state index in [9.17, 15) is 0 Å². The first-order valence-corrected chi connectivity index (χ1v) is 8.92. The molecule has 3 atom stereocenters. The standard InChI is InChI=1S/C19H28N2/c1-2-16-5-3-4-6-18(16)20-9-11-21(12-10-20)19-14-15-7-8-17(19)13-15/h3-6,15,17,19H,2,7-14H2,1H3. The summed E-state index contributed by atoms with van der Waals surface area (Å²) in [5.41, 5.74) is 2.98. The third-order valence-corrected chi connectivity index (χ3v) is 6.20. The maximum Gasteiger partial charge on any atom is 0.0399 e. The topological polar surface area (TPSA) is 6.48 Å². The molecule has 2 saturated carbocycles. The fourth-order valence-corrected chi connectivity index (χ4v) is 5.07. The molecule has 2 aliphatic carbocycles. The number of anilines is 1. The van der Waals surface area contributed by atoms with Crippen molar-refractivity contribution in [3.63, 3.8) is 0 Å². The third-order valence-electron chi connectivity index (χ3n) is 6.20. The highest BCUT2D eigenvalue weighted by Crippen LogP contribution is 2.46. The molecule has 1 aliphatic heterocycles. The Labute approximate surface area is 129 Å². The summed E-state index contributed by atoms with van der Waals surface area (Å²) < 4.78 is 0. The number of nitrogens with zero attached hydrogens (tertiary/aromatic N) is 2. The minimum absolute atomic E-state index is 0.923. The lowest BCUT2D eigenvalue weighted by Gasteiger charge is -2.42. The van der Waals surface area contributed by atoms with Crippen LogP contribution in [0.15, 0.2) is 24.3 Å². The Kier molecular flexibility index (Phi) is 3.66. The summed E-state index contributed by atoms with van der Waals surface area (Å²) in [6.45, 7) is 7.23. The molecule has 0 N–H and O–H groups in total. The number of hydrogen-bond acceptors (Lipinski definition) is 2. The maximum absolute atomic E-state index is 2.81. The summed E-state index contributed by atoms with van der Waals surface area (Å²) in [6, 6.07) is 9.89. The van der Waals surface area contributed by atoms with E-state index in [1.807, 2.05) is 0 Å². The fraction of sp³-hybridized carbons (Fsp3) is 0.684. The van der Waals surface area contributed by atoms with E-state index in [1.54, 1.807) is 0 Å². The van der Waals surface area contributed by atoms with Gasteiger partial charge in [-0.2, -0.15) is 0 Å². The SMILES string of the molecule is CCc1ccccc1N1CCN(C2CC3CCC2C3)CC1. The van der Waals surface area contributed by atoms with Crippen LogP contribution >= 0.6 is 0 Å². The first-order valence-electron chi connectivity index (χ1n) is 8.92. The van der Waals surface area contributed by atoms with E-state index in [4.69, 9.17) is 0 Å². The molecule has 1 aromatic carbocycles. The monoisotopic (exact) mass is 284 g/mol. The Morgan fingerprint density at radius 2 is 1.81 bits per heavy atom. The molecule has 1 saturated heterocycles. The Balaban J connectivity index is 1.40. The van der Waals surface area contributed by atoms with Crippen LogP contribution in [0, 0.1) is 11.8 Å². The van der Waals surface area contributed by atoms with Crippen LogP contribution in [-0.2, 0) is 6.42 Å². The van der Waals surface area contributed by atoms with Crippen molar-refractivity contribution in [3.8, 4) is 0 Å². The predicted octanol–water partition coefficient (Wildman–Crippen LogP) is 3.56. The molecule has 0 amide bonds. The van der Waals surface area contributed by atoms with Crippen molar-refractivity contribution in [1.82, 2.24) is 4.90 Å². The number of para-hydroxylation sites is 1. The molecule has 114 valence electrons. The summed E-state index contributed by atoms with van der Waals surface area (Å²) in [7, 11) is 0. The number of rotatable bonds is 3. The van der Waals surface area contributed by atoms with Gasteiger partial charge in [-0.1, -0.05) is 31.5 Å². The normalized spacial score (nSPS) is 32.8. The van der Waals surface area contributed by atoms with Gasteiger partial charge in [0.2, 0.25) is 0 Å². The van der Waals surface area contributed by atoms with Crippen LogP contribution in [0.1, 0.15) is 38.2 Å². The number of fused-ring (bicyclic) bond motifs is 2. The van der Waals surface area contributed by atoms with E-state index in [-0.39, 0.29) is 0 Å². The van der Waals surface area contributed by atoms with Gasteiger partial charge in [0, 0.05) is 37.9 Å². The Bertz CT molecular complexity index is 490. The van der Waals surface area contributed by atoms with Crippen LogP contribution in [0.25, 0.3) is 0 Å². The van der Waals surface area contributed by atoms with Crippen LogP contribution in [0.2, 0.25) is 0 Å². The first kappa shape index (κ1) is 13.6. The van der Waals surface area contributed by atoms with E-state index in [2.05, 4.69) is 41.0 Å². The number of piperazine rings is 1. The molecule has 0 aromatic heterocycles. The summed E-state index contributed by atoms with van der Waals surface area (Å²) in [4.78, 5) is 5.43. The molecular formula is C19H28N2. The summed E-state index contributed by atoms with van der Waals surface area (Å²) in [6.07, 6.45) is 7.20. The Morgan fingerprint density at radius 1 is 1.00 bits per heavy atom. The van der Waals surface area contributed by atoms with Gasteiger partial charge in [0.25, 0.3) is 0 Å². The quantitative estimate of drug-likeness (QED) is 0.837. The minimum Gasteiger partial charge on any atom is -0.369 e. The Hall–Kier alpha value is -1.02. The molecule has 1 aromatic rings. The van der Waals surface area contributed by atoms with Gasteiger partial charge in [0.15, 0.2) is 0 Å². The van der Waals surface area contributed by atoms with Crippen LogP contribution in [0.3, 0.4) is 0 Å². The third kappa shape index (κ3) is 2.48. The molecule has 3 unspecified atom stereocenters. The number of hydrogen-bond donors (Lipinski definition) is 0. The molecule has 3 aliphatic rings. The lowest BCUT2D eigenvalue weighted by Crippen LogP contribution is -2.52. The highest BCUT2D eigenvalue weighted by molar-refractivity contribution is 5.54. The van der Waals surface area contributed by atoms with Gasteiger partial charge in [-0.3, -0.25) is 4.90 Å². The predicted molar refractivity (Wildman–Crippen MR) is 88.8 cm³/mol. The molecular weight excluding hydrogens is 256 g/mol. The summed E-state index contributed by atoms with van der Waals surface area (Å²) >= 11 is 0. The van der Waals surface area contributed by atoms with Crippen molar-refractivity contribution in [3.05, 3.63) is 29.8 Å². The molecule has 3 fully saturated rings. The van der Waals surface area contributed by atoms with Gasteiger partial charge < -0.3 is 4.90 Å². The van der Waals surface area contributed by atoms with Gasteiger partial charge in [0.1, 0.15) is 0 Å². The highest BCUT2D eigenvalue weighted by atomic mass is 15.3. The van der Waals surface area contributed by atoms with Crippen molar-refractivity contribution >= 4 is 5.69 Å². The van der Waals surface area contributed by atoms with Crippen molar-refractivity contribution in [2.75, 3.05) is 31.1 Å². The smallest absolute Gasteiger partial charge is 0.0399 e. The molecule has 2 bridgehead atoms. The average Bonchev–Trinajstić information content (AvgIpc) is 3.18. The van der Waals surface area contributed by atoms with Crippen LogP contribution in [0.5, 0.6) is 0 Å². The van der Waals surface area contributed by atoms with Crippen molar-refractivity contribution in [1.29, 1.82) is 0 Å². The highest BCUT2D eigenvalue weighted by Gasteiger charge is 2.42. The maximum atomic E-state index is 2.81. The summed E-state index contributed by atoms with van der Waals surface area (Å²) in [5, 5.41) is 0. The fourth-order valence-electron chi connectivity index (χ4n) is 5.07. The molecule has 1 heterocycles. The zero-order valence-corrected chi connectivity index (χ0v) is 13.3. The zero-order chi connectivity index (χ0) is 14.2. The summed E-state index contributed by atoms with van der Waals surface area (Å²) in [5.74, 6) is 2.10. The molecule has 21 heavy (non-hydrogen) atoms. The van der Waals surface area contributed by atoms with E-state index < -0.39 is 0 Å². The van der Waals surface area contributed by atoms with Gasteiger partial charge >= 0.3 is 0 Å². The van der Waals surface area contributed by atoms with E-state index in [0.29, 0.717) is 0 Å². The number of benzene rings is 1. The average molecular weight is 284 g/mol. The zero-order valence-electron chi connectivity index (χ0n) is 13.3. The van der Waals surface area contributed by atoms with Gasteiger partial charge in [0.05, 0.1) is 0 Å². The lowest BCUT2D eigenvalue weighted by molar-refractivity contribution is 0.135. The first-order chi connectivity index (χ1) is 10.3. The minimum atomic E-state index is 0.923. The molecule has 2 heteroatoms. The Morgan fingerprint density at radius 3 is 2.48 bits per heavy atom. The second-order valence-corrected chi connectivity index (χ2v) is 7.25. The van der Waals surface area contributed by atoms with Crippen molar-refractivity contribution in [2.45, 2.75) is 45.1 Å². The van der Waals surface area contributed by atoms with Crippen LogP contribution < -0.4 is 4.90 Å². The van der Waals surface area contributed by atoms with Crippen molar-refractivity contribution in [2.24, 2.45) is 11.8 Å². The van der Waals surface area contributed by atoms with Gasteiger partial charge in [-0.25, -0.2) is 0 Å². The van der Waals surface area contributed by atoms with Gasteiger partial charge in [-0.05, 0) is 49.1 Å². The molecule has 2 nitrogen and oxygen atoms in total. The second kappa shape index (κ2) is 5.64. The lowest BCUT2D eigenvalue weighted by atomic mass is 9.93. The van der Waals surface area contributed by atoms with Crippen molar-refractivity contribution < 1.29 is 0 Å². The van der Waals surface area contributed by atoms with Crippen LogP contribution in [0.4, 0.5) is 5.69 Å². The molecule has 4 rings (SSSR count). The largest absolute Gasteiger partial charge is 0.369 e. The molecule has 0 radical (unpaired) electrons. The van der Waals surface area contributed by atoms with E-state index >= 15 is 0 Å².